The van der Waals surface area contributed by atoms with E-state index in [2.05, 4.69) is 5.32 Å². The van der Waals surface area contributed by atoms with E-state index in [0.29, 0.717) is 28.5 Å². The number of nitrogens with zero attached hydrogens (tertiary/aromatic N) is 2. The van der Waals surface area contributed by atoms with E-state index in [1.165, 1.54) is 4.57 Å². The first kappa shape index (κ1) is 22.5. The van der Waals surface area contributed by atoms with Crippen LogP contribution < -0.4 is 11.0 Å². The largest absolute Gasteiger partial charge is 0.354 e. The molecule has 154 valence electrons. The molecule has 1 heterocycles. The highest BCUT2D eigenvalue weighted by Crippen LogP contribution is 2.21. The molecule has 3 rings (SSSR count). The molecule has 1 aromatic heterocycles. The van der Waals surface area contributed by atoms with Gasteiger partial charge in [-0.25, -0.2) is 4.79 Å². The lowest BCUT2D eigenvalue weighted by Gasteiger charge is -2.09. The van der Waals surface area contributed by atoms with Gasteiger partial charge in [-0.15, -0.1) is 0 Å². The molecule has 0 atom stereocenters. The second kappa shape index (κ2) is 10.1. The maximum Gasteiger partial charge on any atom is 0.338 e. The lowest BCUT2D eigenvalue weighted by Crippen LogP contribution is -2.27. The Bertz CT molecular complexity index is 1020. The second-order valence-electron chi connectivity index (χ2n) is 6.39. The summed E-state index contributed by atoms with van der Waals surface area (Å²) in [5, 5.41) is 3.23. The smallest absolute Gasteiger partial charge is 0.338 e. The number of amides is 1. The Morgan fingerprint density at radius 1 is 0.966 bits per heavy atom. The summed E-state index contributed by atoms with van der Waals surface area (Å²) in [5.74, 6) is -0.295. The zero-order chi connectivity index (χ0) is 21.6. The lowest BCUT2D eigenvalue weighted by atomic mass is 10.1. The number of aryl methyl sites for hydroxylation is 1. The molecule has 3 aromatic rings. The standard InChI is InChI=1S/C21H22ClN3O2.C2H6/c1-4-5-18-19(20(26)23-3)25(17-12-8-15(22)9-13-17)21(27)24(18)16-10-6-14(2)7-11-16;1-2/h6-13H,4-5H2,1-3H3,(H,23,26);1-2H3. The Balaban J connectivity index is 0.00000145. The van der Waals surface area contributed by atoms with Crippen molar-refractivity contribution in [1.29, 1.82) is 0 Å². The molecular formula is C23H28ClN3O2. The first-order valence-electron chi connectivity index (χ1n) is 9.89. The zero-order valence-electron chi connectivity index (χ0n) is 17.6. The number of imidazole rings is 1. The van der Waals surface area contributed by atoms with Crippen molar-refractivity contribution in [3.63, 3.8) is 0 Å². The number of carbonyl (C=O) groups is 1. The first-order valence-corrected chi connectivity index (χ1v) is 10.3. The van der Waals surface area contributed by atoms with Crippen LogP contribution in [0.25, 0.3) is 11.4 Å². The van der Waals surface area contributed by atoms with Gasteiger partial charge in [0.05, 0.1) is 17.1 Å². The van der Waals surface area contributed by atoms with E-state index in [1.54, 1.807) is 35.9 Å². The molecule has 2 aromatic carbocycles. The summed E-state index contributed by atoms with van der Waals surface area (Å²) in [6.07, 6.45) is 1.41. The van der Waals surface area contributed by atoms with Crippen LogP contribution in [0.15, 0.2) is 53.3 Å². The number of hydrogen-bond acceptors (Lipinski definition) is 2. The predicted octanol–water partition coefficient (Wildman–Crippen LogP) is 4.93. The third-order valence-corrected chi connectivity index (χ3v) is 4.71. The molecule has 0 saturated heterocycles. The minimum Gasteiger partial charge on any atom is -0.354 e. The molecule has 0 unspecified atom stereocenters. The van der Waals surface area contributed by atoms with Crippen LogP contribution in [0.3, 0.4) is 0 Å². The summed E-state index contributed by atoms with van der Waals surface area (Å²) >= 11 is 5.99. The number of benzene rings is 2. The van der Waals surface area contributed by atoms with Crippen molar-refractivity contribution in [3.8, 4) is 11.4 Å². The fourth-order valence-corrected chi connectivity index (χ4v) is 3.28. The molecular weight excluding hydrogens is 386 g/mol. The van der Waals surface area contributed by atoms with Crippen LogP contribution in [0.2, 0.25) is 5.02 Å². The van der Waals surface area contributed by atoms with Crippen LogP contribution in [-0.4, -0.2) is 22.1 Å². The zero-order valence-corrected chi connectivity index (χ0v) is 18.4. The van der Waals surface area contributed by atoms with E-state index >= 15 is 0 Å². The average Bonchev–Trinajstić information content (AvgIpc) is 3.02. The SMILES string of the molecule is CC.CCCc1c(C(=O)NC)n(-c2ccc(Cl)cc2)c(=O)n1-c1ccc(C)cc1. The van der Waals surface area contributed by atoms with Gasteiger partial charge >= 0.3 is 5.69 Å². The number of hydrogen-bond donors (Lipinski definition) is 1. The summed E-state index contributed by atoms with van der Waals surface area (Å²) in [4.78, 5) is 26.1. The fraction of sp³-hybridized carbons (Fsp3) is 0.304. The third kappa shape index (κ3) is 4.62. The molecule has 29 heavy (non-hydrogen) atoms. The van der Waals surface area contributed by atoms with Gasteiger partial charge < -0.3 is 5.32 Å². The van der Waals surface area contributed by atoms with E-state index in [9.17, 15) is 9.59 Å². The maximum absolute atomic E-state index is 13.4. The number of halogens is 1. The van der Waals surface area contributed by atoms with Crippen molar-refractivity contribution in [2.24, 2.45) is 0 Å². The normalized spacial score (nSPS) is 10.3. The van der Waals surface area contributed by atoms with Gasteiger partial charge in [0.1, 0.15) is 5.69 Å². The molecule has 0 bridgehead atoms. The minimum atomic E-state index is -0.295. The molecule has 0 spiro atoms. The van der Waals surface area contributed by atoms with Crippen molar-refractivity contribution >= 4 is 17.5 Å². The lowest BCUT2D eigenvalue weighted by molar-refractivity contribution is 0.0955. The highest BCUT2D eigenvalue weighted by Gasteiger charge is 2.25. The van der Waals surface area contributed by atoms with Gasteiger partial charge in [0, 0.05) is 12.1 Å². The summed E-state index contributed by atoms with van der Waals surface area (Å²) in [6.45, 7) is 8.02. The van der Waals surface area contributed by atoms with Crippen LogP contribution in [0.5, 0.6) is 0 Å². The maximum atomic E-state index is 13.4. The summed E-state index contributed by atoms with van der Waals surface area (Å²) in [6, 6.07) is 14.6. The highest BCUT2D eigenvalue weighted by atomic mass is 35.5. The fourth-order valence-electron chi connectivity index (χ4n) is 3.15. The Labute approximate surface area is 176 Å². The number of rotatable bonds is 5. The van der Waals surface area contributed by atoms with Crippen molar-refractivity contribution in [2.45, 2.75) is 40.5 Å². The molecule has 0 radical (unpaired) electrons. The van der Waals surface area contributed by atoms with Crippen molar-refractivity contribution < 1.29 is 4.79 Å². The summed E-state index contributed by atoms with van der Waals surface area (Å²) < 4.78 is 3.09. The molecule has 0 aliphatic heterocycles. The van der Waals surface area contributed by atoms with E-state index in [0.717, 1.165) is 17.7 Å². The molecule has 1 N–H and O–H groups in total. The highest BCUT2D eigenvalue weighted by molar-refractivity contribution is 6.30. The van der Waals surface area contributed by atoms with E-state index in [4.69, 9.17) is 11.6 Å². The van der Waals surface area contributed by atoms with Gasteiger partial charge in [0.15, 0.2) is 0 Å². The molecule has 1 amide bonds. The van der Waals surface area contributed by atoms with Gasteiger partial charge in [-0.2, -0.15) is 0 Å². The summed E-state index contributed by atoms with van der Waals surface area (Å²) in [5.41, 5.74) is 3.22. The van der Waals surface area contributed by atoms with Gasteiger partial charge in [-0.1, -0.05) is 56.5 Å². The average molecular weight is 414 g/mol. The number of nitrogens with one attached hydrogen (secondary N) is 1. The summed E-state index contributed by atoms with van der Waals surface area (Å²) in [7, 11) is 1.57. The first-order chi connectivity index (χ1) is 14.0. The van der Waals surface area contributed by atoms with Crippen molar-refractivity contribution in [1.82, 2.24) is 14.5 Å². The second-order valence-corrected chi connectivity index (χ2v) is 6.83. The van der Waals surface area contributed by atoms with Crippen LogP contribution in [0.4, 0.5) is 0 Å². The number of carbonyl (C=O) groups excluding carboxylic acids is 1. The van der Waals surface area contributed by atoms with Crippen LogP contribution in [-0.2, 0) is 6.42 Å². The van der Waals surface area contributed by atoms with Crippen LogP contribution in [0.1, 0.15) is 48.9 Å². The van der Waals surface area contributed by atoms with E-state index in [-0.39, 0.29) is 11.6 Å². The quantitative estimate of drug-likeness (QED) is 0.644. The Morgan fingerprint density at radius 2 is 1.48 bits per heavy atom. The molecule has 5 nitrogen and oxygen atoms in total. The molecule has 0 saturated carbocycles. The van der Waals surface area contributed by atoms with Gasteiger partial charge in [0.2, 0.25) is 0 Å². The Morgan fingerprint density at radius 3 is 2.00 bits per heavy atom. The topological polar surface area (TPSA) is 56.0 Å². The molecule has 6 heteroatoms. The van der Waals surface area contributed by atoms with E-state index in [1.807, 2.05) is 52.0 Å². The molecule has 0 aliphatic carbocycles. The third-order valence-electron chi connectivity index (χ3n) is 4.46. The Hall–Kier alpha value is -2.79. The minimum absolute atomic E-state index is 0.275. The Kier molecular flexibility index (Phi) is 7.85. The van der Waals surface area contributed by atoms with Gasteiger partial charge in [-0.3, -0.25) is 13.9 Å². The van der Waals surface area contributed by atoms with E-state index < -0.39 is 0 Å². The van der Waals surface area contributed by atoms with Crippen LogP contribution in [0, 0.1) is 6.92 Å². The molecule has 0 aliphatic rings. The van der Waals surface area contributed by atoms with Gasteiger partial charge in [0.25, 0.3) is 5.91 Å². The monoisotopic (exact) mass is 413 g/mol. The van der Waals surface area contributed by atoms with Crippen molar-refractivity contribution in [2.75, 3.05) is 7.05 Å². The predicted molar refractivity (Wildman–Crippen MR) is 120 cm³/mol. The van der Waals surface area contributed by atoms with Crippen LogP contribution >= 0.6 is 11.6 Å². The molecule has 0 fully saturated rings. The number of aromatic nitrogens is 2. The van der Waals surface area contributed by atoms with Crippen molar-refractivity contribution in [3.05, 3.63) is 81.0 Å². The van der Waals surface area contributed by atoms with Gasteiger partial charge in [-0.05, 0) is 49.7 Å².